The first kappa shape index (κ1) is 17.2. The number of hydrogen-bond donors (Lipinski definition) is 2. The van der Waals surface area contributed by atoms with Crippen LogP contribution in [0.15, 0.2) is 29.1 Å². The van der Waals surface area contributed by atoms with Crippen molar-refractivity contribution in [1.29, 1.82) is 0 Å². The Morgan fingerprint density at radius 3 is 2.17 bits per heavy atom. The summed E-state index contributed by atoms with van der Waals surface area (Å²) in [6.45, 7) is 0.0307. The molecule has 0 radical (unpaired) electrons. The van der Waals surface area contributed by atoms with E-state index in [1.807, 2.05) is 0 Å². The average molecular weight is 335 g/mol. The van der Waals surface area contributed by atoms with E-state index in [9.17, 15) is 19.8 Å². The van der Waals surface area contributed by atoms with Crippen LogP contribution in [0.2, 0.25) is 0 Å². The van der Waals surface area contributed by atoms with Crippen LogP contribution in [-0.4, -0.2) is 42.1 Å². The van der Waals surface area contributed by atoms with E-state index in [2.05, 4.69) is 0 Å². The molecule has 0 saturated heterocycles. The second-order valence-electron chi connectivity index (χ2n) is 4.81. The smallest absolute Gasteiger partial charge is 0.345 e. The predicted octanol–water partition coefficient (Wildman–Crippen LogP) is 1.33. The molecule has 0 spiro atoms. The normalized spacial score (nSPS) is 10.3. The Hall–Kier alpha value is -3.16. The fourth-order valence-electron chi connectivity index (χ4n) is 2.30. The van der Waals surface area contributed by atoms with Crippen molar-refractivity contribution in [1.82, 2.24) is 4.57 Å². The van der Waals surface area contributed by atoms with Crippen LogP contribution in [0, 0.1) is 0 Å². The molecule has 2 aromatic rings. The molecule has 128 valence electrons. The lowest BCUT2D eigenvalue weighted by molar-refractivity contribution is 0.0689. The monoisotopic (exact) mass is 335 g/mol. The van der Waals surface area contributed by atoms with Crippen molar-refractivity contribution in [2.24, 2.45) is 0 Å². The molecule has 0 bridgehead atoms. The first-order valence-electron chi connectivity index (χ1n) is 6.88. The lowest BCUT2D eigenvalue weighted by atomic mass is 10.2. The van der Waals surface area contributed by atoms with Crippen molar-refractivity contribution >= 4 is 5.97 Å². The highest BCUT2D eigenvalue weighted by atomic mass is 16.5. The number of hydrogen-bond acceptors (Lipinski definition) is 6. The zero-order valence-electron chi connectivity index (χ0n) is 13.4. The van der Waals surface area contributed by atoms with Crippen LogP contribution in [-0.2, 0) is 6.54 Å². The number of methoxy groups -OCH3 is 3. The van der Waals surface area contributed by atoms with Crippen LogP contribution in [0.5, 0.6) is 23.1 Å². The summed E-state index contributed by atoms with van der Waals surface area (Å²) in [5.41, 5.74) is -0.963. The molecular weight excluding hydrogens is 318 g/mol. The van der Waals surface area contributed by atoms with Gasteiger partial charge in [-0.1, -0.05) is 12.1 Å². The topological polar surface area (TPSA) is 107 Å². The Morgan fingerprint density at radius 1 is 1.08 bits per heavy atom. The summed E-state index contributed by atoms with van der Waals surface area (Å²) >= 11 is 0. The number of carbonyl (C=O) groups is 1. The van der Waals surface area contributed by atoms with E-state index in [0.717, 1.165) is 4.57 Å². The minimum atomic E-state index is -1.55. The maximum atomic E-state index is 12.5. The summed E-state index contributed by atoms with van der Waals surface area (Å²) in [6, 6.07) is 6.88. The summed E-state index contributed by atoms with van der Waals surface area (Å²) in [5, 5.41) is 19.2. The second-order valence-corrected chi connectivity index (χ2v) is 4.81. The highest BCUT2D eigenvalue weighted by Crippen LogP contribution is 2.37. The fourth-order valence-corrected chi connectivity index (χ4v) is 2.30. The van der Waals surface area contributed by atoms with Gasteiger partial charge in [-0.05, 0) is 17.7 Å². The van der Waals surface area contributed by atoms with E-state index in [1.54, 1.807) is 24.3 Å². The molecule has 0 unspecified atom stereocenters. The van der Waals surface area contributed by atoms with Gasteiger partial charge in [0.1, 0.15) is 5.75 Å². The Kier molecular flexibility index (Phi) is 4.98. The number of carboxylic acids is 1. The molecule has 0 aliphatic rings. The van der Waals surface area contributed by atoms with Gasteiger partial charge < -0.3 is 24.4 Å². The number of aromatic carboxylic acids is 1. The molecule has 0 fully saturated rings. The van der Waals surface area contributed by atoms with Crippen molar-refractivity contribution in [3.8, 4) is 23.1 Å². The molecule has 2 N–H and O–H groups in total. The van der Waals surface area contributed by atoms with Gasteiger partial charge in [-0.2, -0.15) is 0 Å². The minimum absolute atomic E-state index is 0.0307. The van der Waals surface area contributed by atoms with Crippen LogP contribution < -0.4 is 19.8 Å². The third-order valence-electron chi connectivity index (χ3n) is 3.46. The number of benzene rings is 1. The number of pyridine rings is 1. The first-order chi connectivity index (χ1) is 11.4. The molecule has 8 heteroatoms. The van der Waals surface area contributed by atoms with Gasteiger partial charge in [-0.25, -0.2) is 4.79 Å². The molecule has 1 aromatic heterocycles. The van der Waals surface area contributed by atoms with Crippen molar-refractivity contribution in [3.05, 3.63) is 45.7 Å². The number of rotatable bonds is 6. The fraction of sp³-hybridized carbons (Fsp3) is 0.250. The van der Waals surface area contributed by atoms with Crippen LogP contribution in [0.1, 0.15) is 15.9 Å². The highest BCUT2D eigenvalue weighted by molar-refractivity contribution is 5.91. The van der Waals surface area contributed by atoms with Gasteiger partial charge in [0.25, 0.3) is 5.56 Å². The Bertz CT molecular complexity index is 809. The molecule has 1 aromatic carbocycles. The van der Waals surface area contributed by atoms with Crippen molar-refractivity contribution in [2.45, 2.75) is 6.54 Å². The van der Waals surface area contributed by atoms with E-state index in [4.69, 9.17) is 14.2 Å². The second kappa shape index (κ2) is 6.95. The van der Waals surface area contributed by atoms with Crippen LogP contribution in [0.25, 0.3) is 0 Å². The summed E-state index contributed by atoms with van der Waals surface area (Å²) in [5.74, 6) is -1.96. The van der Waals surface area contributed by atoms with Crippen LogP contribution >= 0.6 is 0 Å². The maximum Gasteiger partial charge on any atom is 0.345 e. The molecule has 0 aliphatic heterocycles. The summed E-state index contributed by atoms with van der Waals surface area (Å²) < 4.78 is 16.3. The van der Waals surface area contributed by atoms with Gasteiger partial charge in [0.15, 0.2) is 11.3 Å². The van der Waals surface area contributed by atoms with Gasteiger partial charge in [0, 0.05) is 0 Å². The average Bonchev–Trinajstić information content (AvgIpc) is 2.57. The number of nitrogens with zero attached hydrogens (tertiary/aromatic N) is 1. The minimum Gasteiger partial charge on any atom is -0.503 e. The van der Waals surface area contributed by atoms with Crippen molar-refractivity contribution < 1.29 is 29.2 Å². The zero-order chi connectivity index (χ0) is 17.9. The third kappa shape index (κ3) is 2.98. The molecular formula is C16H17NO7. The number of ether oxygens (including phenoxy) is 3. The van der Waals surface area contributed by atoms with Crippen molar-refractivity contribution in [2.75, 3.05) is 21.3 Å². The van der Waals surface area contributed by atoms with Gasteiger partial charge in [-0.3, -0.25) is 9.36 Å². The lowest BCUT2D eigenvalue weighted by Gasteiger charge is -2.17. The predicted molar refractivity (Wildman–Crippen MR) is 84.5 cm³/mol. The molecule has 0 amide bonds. The van der Waals surface area contributed by atoms with E-state index in [-0.39, 0.29) is 18.2 Å². The largest absolute Gasteiger partial charge is 0.503 e. The van der Waals surface area contributed by atoms with E-state index in [1.165, 1.54) is 21.3 Å². The third-order valence-corrected chi connectivity index (χ3v) is 3.46. The Labute approximate surface area is 137 Å². The van der Waals surface area contributed by atoms with E-state index >= 15 is 0 Å². The van der Waals surface area contributed by atoms with Crippen LogP contribution in [0.3, 0.4) is 0 Å². The Balaban J connectivity index is 2.64. The Morgan fingerprint density at radius 2 is 1.71 bits per heavy atom. The lowest BCUT2D eigenvalue weighted by Crippen LogP contribution is -2.28. The maximum absolute atomic E-state index is 12.5. The number of aromatic hydroxyl groups is 1. The quantitative estimate of drug-likeness (QED) is 0.820. The number of aromatic nitrogens is 1. The van der Waals surface area contributed by atoms with Gasteiger partial charge >= 0.3 is 5.97 Å². The molecule has 0 saturated carbocycles. The van der Waals surface area contributed by atoms with Crippen molar-refractivity contribution in [3.63, 3.8) is 0 Å². The molecule has 1 heterocycles. The molecule has 0 atom stereocenters. The van der Waals surface area contributed by atoms with Gasteiger partial charge in [0.05, 0.1) is 27.9 Å². The highest BCUT2D eigenvalue weighted by Gasteiger charge is 2.27. The SMILES string of the molecule is COc1ccc(Cn2c(OC)c(OC)c(O)c(C(=O)O)c2=O)cc1. The standard InChI is InChI=1S/C16H17NO7/c1-22-10-6-4-9(5-7-10)8-17-14(19)11(16(20)21)12(18)13(23-2)15(17)24-3/h4-7,18H,8H2,1-3H3,(H,20,21). The van der Waals surface area contributed by atoms with E-state index in [0.29, 0.717) is 11.3 Å². The molecule has 2 rings (SSSR count). The van der Waals surface area contributed by atoms with Gasteiger partial charge in [-0.15, -0.1) is 0 Å². The first-order valence-corrected chi connectivity index (χ1v) is 6.88. The summed E-state index contributed by atoms with van der Waals surface area (Å²) in [6.07, 6.45) is 0. The van der Waals surface area contributed by atoms with Crippen LogP contribution in [0.4, 0.5) is 0 Å². The number of carboxylic acid groups (broad SMARTS) is 1. The molecule has 0 aliphatic carbocycles. The van der Waals surface area contributed by atoms with Gasteiger partial charge in [0.2, 0.25) is 11.6 Å². The zero-order valence-corrected chi connectivity index (χ0v) is 13.4. The molecule has 24 heavy (non-hydrogen) atoms. The molecule has 8 nitrogen and oxygen atoms in total. The summed E-state index contributed by atoms with van der Waals surface area (Å²) in [7, 11) is 4.07. The summed E-state index contributed by atoms with van der Waals surface area (Å²) in [4.78, 5) is 23.8. The van der Waals surface area contributed by atoms with E-state index < -0.39 is 22.8 Å².